The van der Waals surface area contributed by atoms with Crippen molar-refractivity contribution < 1.29 is 9.52 Å². The van der Waals surface area contributed by atoms with E-state index < -0.39 is 0 Å². The molecule has 1 N–H and O–H groups in total. The van der Waals surface area contributed by atoms with Gasteiger partial charge in [-0.1, -0.05) is 0 Å². The zero-order valence-corrected chi connectivity index (χ0v) is 6.29. The van der Waals surface area contributed by atoms with Crippen molar-refractivity contribution >= 4 is 0 Å². The molecule has 0 bridgehead atoms. The number of nitrogens with zero attached hydrogens (tertiary/aromatic N) is 1. The third kappa shape index (κ3) is 1.43. The summed E-state index contributed by atoms with van der Waals surface area (Å²) in [6.07, 6.45) is 4.73. The molecule has 0 atom stereocenters. The molecule has 1 aromatic heterocycles. The molecule has 0 spiro atoms. The predicted octanol–water partition coefficient (Wildman–Crippen LogP) is 1.09. The number of rotatable bonds is 3. The van der Waals surface area contributed by atoms with Crippen molar-refractivity contribution in [1.82, 2.24) is 4.98 Å². The molecular formula is C8H11NO2. The molecule has 3 nitrogen and oxygen atoms in total. The van der Waals surface area contributed by atoms with Crippen LogP contribution in [-0.4, -0.2) is 16.7 Å². The van der Waals surface area contributed by atoms with Gasteiger partial charge < -0.3 is 9.52 Å². The van der Waals surface area contributed by atoms with Gasteiger partial charge in [-0.05, 0) is 12.8 Å². The van der Waals surface area contributed by atoms with Crippen molar-refractivity contribution in [3.05, 3.63) is 17.8 Å². The van der Waals surface area contributed by atoms with E-state index in [9.17, 15) is 0 Å². The first-order valence-corrected chi connectivity index (χ1v) is 3.95. The minimum atomic E-state index is 0.116. The fourth-order valence-electron chi connectivity index (χ4n) is 1.10. The zero-order valence-electron chi connectivity index (χ0n) is 6.29. The fraction of sp³-hybridized carbons (Fsp3) is 0.625. The van der Waals surface area contributed by atoms with Crippen LogP contribution in [0.5, 0.6) is 0 Å². The van der Waals surface area contributed by atoms with Gasteiger partial charge in [0.25, 0.3) is 0 Å². The molecule has 3 heteroatoms. The van der Waals surface area contributed by atoms with Crippen molar-refractivity contribution in [3.8, 4) is 0 Å². The Kier molecular flexibility index (Phi) is 1.66. The molecule has 1 aliphatic carbocycles. The van der Waals surface area contributed by atoms with Gasteiger partial charge in [-0.15, -0.1) is 0 Å². The van der Waals surface area contributed by atoms with E-state index in [1.54, 1.807) is 6.26 Å². The summed E-state index contributed by atoms with van der Waals surface area (Å²) in [5.74, 6) is 1.31. The quantitative estimate of drug-likeness (QED) is 0.707. The molecule has 0 saturated heterocycles. The summed E-state index contributed by atoms with van der Waals surface area (Å²) in [6.45, 7) is 0.116. The van der Waals surface area contributed by atoms with Gasteiger partial charge in [-0.3, -0.25) is 0 Å². The van der Waals surface area contributed by atoms with Gasteiger partial charge in [0, 0.05) is 12.3 Å². The SMILES string of the molecule is OCCc1nc(C2CC2)co1. The van der Waals surface area contributed by atoms with Gasteiger partial charge >= 0.3 is 0 Å². The first-order chi connectivity index (χ1) is 5.40. The average Bonchev–Trinajstić information content (AvgIpc) is 2.75. The molecule has 1 heterocycles. The Hall–Kier alpha value is -0.830. The highest BCUT2D eigenvalue weighted by atomic mass is 16.3. The first kappa shape index (κ1) is 6.85. The van der Waals surface area contributed by atoms with Crippen LogP contribution in [0.2, 0.25) is 0 Å². The third-order valence-corrected chi connectivity index (χ3v) is 1.89. The second-order valence-corrected chi connectivity index (χ2v) is 2.91. The minimum absolute atomic E-state index is 0.116. The predicted molar refractivity (Wildman–Crippen MR) is 39.3 cm³/mol. The average molecular weight is 153 g/mol. The van der Waals surface area contributed by atoms with E-state index in [-0.39, 0.29) is 6.61 Å². The van der Waals surface area contributed by atoms with Crippen LogP contribution in [0.15, 0.2) is 10.7 Å². The van der Waals surface area contributed by atoms with Gasteiger partial charge in [0.2, 0.25) is 0 Å². The van der Waals surface area contributed by atoms with Crippen LogP contribution in [0.25, 0.3) is 0 Å². The molecule has 0 aliphatic heterocycles. The van der Waals surface area contributed by atoms with E-state index in [1.165, 1.54) is 12.8 Å². The number of aliphatic hydroxyl groups excluding tert-OH is 1. The third-order valence-electron chi connectivity index (χ3n) is 1.89. The maximum absolute atomic E-state index is 8.58. The van der Waals surface area contributed by atoms with Crippen molar-refractivity contribution in [2.45, 2.75) is 25.2 Å². The number of aliphatic hydroxyl groups is 1. The van der Waals surface area contributed by atoms with E-state index in [0.717, 1.165) is 5.69 Å². The van der Waals surface area contributed by atoms with Gasteiger partial charge in [0.1, 0.15) is 6.26 Å². The Bertz CT molecular complexity index is 240. The van der Waals surface area contributed by atoms with Gasteiger partial charge in [-0.2, -0.15) is 0 Å². The molecule has 1 fully saturated rings. The van der Waals surface area contributed by atoms with Crippen LogP contribution >= 0.6 is 0 Å². The Labute approximate surface area is 65.1 Å². The lowest BCUT2D eigenvalue weighted by molar-refractivity contribution is 0.285. The highest BCUT2D eigenvalue weighted by Crippen LogP contribution is 2.39. The molecule has 0 radical (unpaired) electrons. The highest BCUT2D eigenvalue weighted by molar-refractivity contribution is 5.10. The molecule has 1 aromatic rings. The lowest BCUT2D eigenvalue weighted by Gasteiger charge is -1.86. The Morgan fingerprint density at radius 1 is 1.64 bits per heavy atom. The van der Waals surface area contributed by atoms with Crippen molar-refractivity contribution in [2.75, 3.05) is 6.61 Å². The van der Waals surface area contributed by atoms with Crippen LogP contribution in [0.3, 0.4) is 0 Å². The van der Waals surface area contributed by atoms with Crippen LogP contribution in [0.1, 0.15) is 30.3 Å². The zero-order chi connectivity index (χ0) is 7.68. The molecule has 1 aliphatic rings. The Morgan fingerprint density at radius 3 is 3.09 bits per heavy atom. The lowest BCUT2D eigenvalue weighted by atomic mass is 10.3. The van der Waals surface area contributed by atoms with E-state index in [2.05, 4.69) is 4.98 Å². The van der Waals surface area contributed by atoms with Gasteiger partial charge in [0.15, 0.2) is 5.89 Å². The van der Waals surface area contributed by atoms with E-state index in [1.807, 2.05) is 0 Å². The Morgan fingerprint density at radius 2 is 2.45 bits per heavy atom. The fourth-order valence-corrected chi connectivity index (χ4v) is 1.10. The van der Waals surface area contributed by atoms with E-state index in [4.69, 9.17) is 9.52 Å². The minimum Gasteiger partial charge on any atom is -0.449 e. The topological polar surface area (TPSA) is 46.3 Å². The smallest absolute Gasteiger partial charge is 0.196 e. The van der Waals surface area contributed by atoms with Crippen molar-refractivity contribution in [1.29, 1.82) is 0 Å². The van der Waals surface area contributed by atoms with Crippen LogP contribution in [-0.2, 0) is 6.42 Å². The highest BCUT2D eigenvalue weighted by Gasteiger charge is 2.26. The van der Waals surface area contributed by atoms with Gasteiger partial charge in [-0.25, -0.2) is 4.98 Å². The summed E-state index contributed by atoms with van der Waals surface area (Å²) in [5.41, 5.74) is 1.06. The molecule has 11 heavy (non-hydrogen) atoms. The van der Waals surface area contributed by atoms with Crippen molar-refractivity contribution in [2.24, 2.45) is 0 Å². The monoisotopic (exact) mass is 153 g/mol. The summed E-state index contributed by atoms with van der Waals surface area (Å²) >= 11 is 0. The maximum atomic E-state index is 8.58. The van der Waals surface area contributed by atoms with Crippen LogP contribution in [0.4, 0.5) is 0 Å². The second kappa shape index (κ2) is 2.66. The van der Waals surface area contributed by atoms with Crippen LogP contribution in [0, 0.1) is 0 Å². The summed E-state index contributed by atoms with van der Waals surface area (Å²) in [6, 6.07) is 0. The number of oxazole rings is 1. The van der Waals surface area contributed by atoms with Crippen LogP contribution < -0.4 is 0 Å². The molecule has 1 saturated carbocycles. The summed E-state index contributed by atoms with van der Waals surface area (Å²) in [4.78, 5) is 4.24. The van der Waals surface area contributed by atoms with E-state index >= 15 is 0 Å². The lowest BCUT2D eigenvalue weighted by Crippen LogP contribution is -1.90. The van der Waals surface area contributed by atoms with Crippen molar-refractivity contribution in [3.63, 3.8) is 0 Å². The first-order valence-electron chi connectivity index (χ1n) is 3.95. The number of aromatic nitrogens is 1. The summed E-state index contributed by atoms with van der Waals surface area (Å²) < 4.78 is 5.14. The van der Waals surface area contributed by atoms with E-state index in [0.29, 0.717) is 18.2 Å². The summed E-state index contributed by atoms with van der Waals surface area (Å²) in [5, 5.41) is 8.58. The molecule has 0 unspecified atom stereocenters. The maximum Gasteiger partial charge on any atom is 0.196 e. The standard InChI is InChI=1S/C8H11NO2/c10-4-3-8-9-7(5-11-8)6-1-2-6/h5-6,10H,1-4H2. The summed E-state index contributed by atoms with van der Waals surface area (Å²) in [7, 11) is 0. The molecule has 0 amide bonds. The Balaban J connectivity index is 2.06. The normalized spacial score (nSPS) is 17.2. The molecule has 0 aromatic carbocycles. The van der Waals surface area contributed by atoms with Gasteiger partial charge in [0.05, 0.1) is 12.3 Å². The largest absolute Gasteiger partial charge is 0.449 e. The molecule has 60 valence electrons. The molecule has 2 rings (SSSR count). The molecular weight excluding hydrogens is 142 g/mol. The number of hydrogen-bond donors (Lipinski definition) is 1. The number of hydrogen-bond acceptors (Lipinski definition) is 3. The second-order valence-electron chi connectivity index (χ2n) is 2.91.